The Morgan fingerprint density at radius 1 is 1.24 bits per heavy atom. The van der Waals surface area contributed by atoms with Crippen molar-refractivity contribution in [3.8, 4) is 0 Å². The maximum atomic E-state index is 12.2. The van der Waals surface area contributed by atoms with Gasteiger partial charge in [0.15, 0.2) is 0 Å². The van der Waals surface area contributed by atoms with Crippen LogP contribution in [0.25, 0.3) is 0 Å². The number of Topliss-reactive ketones (excluding diaryl/α,β-unsaturated/α-hetero) is 1. The lowest BCUT2D eigenvalue weighted by atomic mass is 9.52. The summed E-state index contributed by atoms with van der Waals surface area (Å²) in [4.78, 5) is 16.8. The van der Waals surface area contributed by atoms with Crippen molar-refractivity contribution in [2.45, 2.75) is 30.5 Å². The van der Waals surface area contributed by atoms with Crippen LogP contribution in [0.2, 0.25) is 0 Å². The molecule has 6 heteroatoms. The predicted octanol–water partition coefficient (Wildman–Crippen LogP) is 0.283. The third kappa shape index (κ3) is 2.04. The van der Waals surface area contributed by atoms with E-state index in [9.17, 15) is 4.79 Å². The van der Waals surface area contributed by atoms with Crippen LogP contribution in [-0.2, 0) is 5.21 Å². The van der Waals surface area contributed by atoms with Gasteiger partial charge in [0.25, 0.3) is 0 Å². The molecule has 2 heterocycles. The Bertz CT molecular complexity index is 707. The summed E-state index contributed by atoms with van der Waals surface area (Å²) in [5.74, 6) is 1.66. The molecule has 0 bridgehead atoms. The second-order valence-electron chi connectivity index (χ2n) is 6.86. The van der Waals surface area contributed by atoms with Gasteiger partial charge in [0.1, 0.15) is 21.5 Å². The van der Waals surface area contributed by atoms with Crippen LogP contribution in [0, 0.1) is 5.92 Å². The number of carbonyl (C=O) groups is 1. The standard InChI is InChI=1S/C15H17B2N3O/c16-15(17)8-11(9-4-2-1-3-5-9)20-14(15)18-13(19-20)12(21)10-6-7-10/h1-5,10-11H,6-8,16-17H2. The average molecular weight is 277 g/mol. The molecule has 4 rings (SSSR count). The molecule has 21 heavy (non-hydrogen) atoms. The molecular formula is C15H17B2N3O. The molecule has 4 nitrogen and oxygen atoms in total. The number of aromatic nitrogens is 3. The van der Waals surface area contributed by atoms with Crippen molar-refractivity contribution in [3.63, 3.8) is 0 Å². The topological polar surface area (TPSA) is 47.8 Å². The average Bonchev–Trinajstić information content (AvgIpc) is 3.17. The summed E-state index contributed by atoms with van der Waals surface area (Å²) in [5, 5.41) is 4.52. The SMILES string of the molecule is BC1(B)CC(c2ccccc2)n2nc(C(=O)C3CC3)nc21. The molecule has 1 aliphatic carbocycles. The zero-order valence-electron chi connectivity index (χ0n) is 12.4. The molecule has 0 spiro atoms. The number of ketones is 1. The summed E-state index contributed by atoms with van der Waals surface area (Å²) in [7, 11) is 4.36. The number of hydrogen-bond donors (Lipinski definition) is 0. The molecule has 104 valence electrons. The van der Waals surface area contributed by atoms with Gasteiger partial charge in [-0.1, -0.05) is 30.3 Å². The molecule has 0 radical (unpaired) electrons. The van der Waals surface area contributed by atoms with Gasteiger partial charge in [0.2, 0.25) is 11.6 Å². The first kappa shape index (κ1) is 12.9. The predicted molar refractivity (Wildman–Crippen MR) is 85.0 cm³/mol. The van der Waals surface area contributed by atoms with Crippen molar-refractivity contribution in [3.05, 3.63) is 47.5 Å². The van der Waals surface area contributed by atoms with Gasteiger partial charge in [-0.25, -0.2) is 9.67 Å². The monoisotopic (exact) mass is 277 g/mol. The highest BCUT2D eigenvalue weighted by Gasteiger charge is 2.42. The lowest BCUT2D eigenvalue weighted by Crippen LogP contribution is -2.25. The van der Waals surface area contributed by atoms with Crippen LogP contribution in [0.15, 0.2) is 30.3 Å². The minimum Gasteiger partial charge on any atom is -0.290 e. The van der Waals surface area contributed by atoms with Gasteiger partial charge in [0.05, 0.1) is 6.04 Å². The van der Waals surface area contributed by atoms with Gasteiger partial charge >= 0.3 is 0 Å². The van der Waals surface area contributed by atoms with Crippen molar-refractivity contribution in [2.75, 3.05) is 0 Å². The van der Waals surface area contributed by atoms with E-state index in [4.69, 9.17) is 0 Å². The first-order valence-electron chi connectivity index (χ1n) is 7.62. The Balaban J connectivity index is 1.77. The van der Waals surface area contributed by atoms with Gasteiger partial charge in [-0.2, -0.15) is 0 Å². The number of benzene rings is 1. The lowest BCUT2D eigenvalue weighted by Gasteiger charge is -2.16. The third-order valence-electron chi connectivity index (χ3n) is 4.59. The molecular weight excluding hydrogens is 260 g/mol. The van der Waals surface area contributed by atoms with Gasteiger partial charge < -0.3 is 0 Å². The van der Waals surface area contributed by atoms with Gasteiger partial charge in [-0.3, -0.25) is 4.79 Å². The molecule has 0 N–H and O–H groups in total. The largest absolute Gasteiger partial charge is 0.290 e. The van der Waals surface area contributed by atoms with E-state index >= 15 is 0 Å². The fraction of sp³-hybridized carbons (Fsp3) is 0.400. The lowest BCUT2D eigenvalue weighted by molar-refractivity contribution is 0.0957. The highest BCUT2D eigenvalue weighted by atomic mass is 16.1. The fourth-order valence-corrected chi connectivity index (χ4v) is 3.23. The summed E-state index contributed by atoms with van der Waals surface area (Å²) in [6.45, 7) is 0. The van der Waals surface area contributed by atoms with Crippen LogP contribution in [0.5, 0.6) is 0 Å². The Hall–Kier alpha value is -1.84. The van der Waals surface area contributed by atoms with Crippen molar-refractivity contribution in [2.24, 2.45) is 5.92 Å². The van der Waals surface area contributed by atoms with E-state index < -0.39 is 0 Å². The number of hydrogen-bond acceptors (Lipinski definition) is 3. The molecule has 0 saturated heterocycles. The summed E-state index contributed by atoms with van der Waals surface area (Å²) >= 11 is 0. The summed E-state index contributed by atoms with van der Waals surface area (Å²) in [5.41, 5.74) is 1.24. The number of carbonyl (C=O) groups excluding carboxylic acids is 1. The van der Waals surface area contributed by atoms with Crippen LogP contribution in [0.3, 0.4) is 0 Å². The van der Waals surface area contributed by atoms with Crippen LogP contribution >= 0.6 is 0 Å². The summed E-state index contributed by atoms with van der Waals surface area (Å²) < 4.78 is 1.98. The third-order valence-corrected chi connectivity index (χ3v) is 4.59. The minimum atomic E-state index is -0.0460. The molecule has 0 amide bonds. The van der Waals surface area contributed by atoms with E-state index in [-0.39, 0.29) is 23.0 Å². The molecule has 1 atom stereocenters. The first-order chi connectivity index (χ1) is 10.1. The Kier molecular flexibility index (Phi) is 2.65. The number of nitrogens with zero attached hydrogens (tertiary/aromatic N) is 3. The molecule has 1 fully saturated rings. The van der Waals surface area contributed by atoms with Crippen LogP contribution in [0.1, 0.15) is 47.3 Å². The zero-order chi connectivity index (χ0) is 14.6. The maximum absolute atomic E-state index is 12.2. The van der Waals surface area contributed by atoms with E-state index in [2.05, 4.69) is 37.9 Å². The Morgan fingerprint density at radius 2 is 1.95 bits per heavy atom. The summed E-state index contributed by atoms with van der Waals surface area (Å²) in [6, 6.07) is 10.6. The van der Waals surface area contributed by atoms with Crippen molar-refractivity contribution in [1.82, 2.24) is 14.8 Å². The van der Waals surface area contributed by atoms with E-state index in [0.29, 0.717) is 5.82 Å². The fourth-order valence-electron chi connectivity index (χ4n) is 3.23. The van der Waals surface area contributed by atoms with Gasteiger partial charge in [-0.15, -0.1) is 5.10 Å². The quantitative estimate of drug-likeness (QED) is 0.598. The Morgan fingerprint density at radius 3 is 2.62 bits per heavy atom. The van der Waals surface area contributed by atoms with Gasteiger partial charge in [-0.05, 0) is 30.0 Å². The highest BCUT2D eigenvalue weighted by molar-refractivity contribution is 6.40. The number of fused-ring (bicyclic) bond motifs is 1. The molecule has 2 aliphatic rings. The van der Waals surface area contributed by atoms with E-state index in [0.717, 1.165) is 25.1 Å². The van der Waals surface area contributed by atoms with E-state index in [1.165, 1.54) is 5.56 Å². The first-order valence-corrected chi connectivity index (χ1v) is 7.62. The van der Waals surface area contributed by atoms with E-state index in [1.54, 1.807) is 0 Å². The second-order valence-corrected chi connectivity index (χ2v) is 6.86. The Labute approximate surface area is 125 Å². The normalized spacial score (nSPS) is 23.0. The molecule has 2 aromatic rings. The van der Waals surface area contributed by atoms with Gasteiger partial charge in [0, 0.05) is 5.92 Å². The smallest absolute Gasteiger partial charge is 0.217 e. The molecule has 1 aromatic carbocycles. The zero-order valence-corrected chi connectivity index (χ0v) is 12.4. The van der Waals surface area contributed by atoms with Crippen molar-refractivity contribution < 1.29 is 4.79 Å². The minimum absolute atomic E-state index is 0.0460. The van der Waals surface area contributed by atoms with Crippen molar-refractivity contribution in [1.29, 1.82) is 0 Å². The van der Waals surface area contributed by atoms with Crippen LogP contribution in [-0.4, -0.2) is 36.2 Å². The molecule has 1 aliphatic heterocycles. The molecule has 1 aromatic heterocycles. The van der Waals surface area contributed by atoms with E-state index in [1.807, 2.05) is 22.9 Å². The summed E-state index contributed by atoms with van der Waals surface area (Å²) in [6.07, 6.45) is 2.96. The molecule has 1 unspecified atom stereocenters. The van der Waals surface area contributed by atoms with Crippen LogP contribution < -0.4 is 0 Å². The molecule has 1 saturated carbocycles. The second kappa shape index (κ2) is 4.33. The highest BCUT2D eigenvalue weighted by Crippen LogP contribution is 2.40. The maximum Gasteiger partial charge on any atom is 0.217 e. The van der Waals surface area contributed by atoms with Crippen LogP contribution in [0.4, 0.5) is 0 Å². The van der Waals surface area contributed by atoms with Crippen molar-refractivity contribution >= 4 is 21.5 Å². The number of rotatable bonds is 3.